The summed E-state index contributed by atoms with van der Waals surface area (Å²) in [5.41, 5.74) is 3.40. The zero-order valence-electron chi connectivity index (χ0n) is 21.6. The summed E-state index contributed by atoms with van der Waals surface area (Å²) in [5.74, 6) is 5.07. The molecule has 1 aromatic carbocycles. The van der Waals surface area contributed by atoms with Gasteiger partial charge in [0.25, 0.3) is 0 Å². The van der Waals surface area contributed by atoms with Crippen LogP contribution < -0.4 is 0 Å². The molecule has 3 aliphatic rings. The highest BCUT2D eigenvalue weighted by Gasteiger charge is 2.31. The van der Waals surface area contributed by atoms with E-state index in [1.807, 2.05) is 0 Å². The summed E-state index contributed by atoms with van der Waals surface area (Å²) in [6.07, 6.45) is 10.3. The van der Waals surface area contributed by atoms with Crippen LogP contribution in [-0.2, 0) is 12.8 Å². The number of carboxylic acids is 1. The third-order valence-electron chi connectivity index (χ3n) is 7.50. The zero-order chi connectivity index (χ0) is 27.8. The van der Waals surface area contributed by atoms with Crippen LogP contribution in [0.5, 0.6) is 0 Å². The van der Waals surface area contributed by atoms with Gasteiger partial charge < -0.3 is 9.66 Å². The van der Waals surface area contributed by atoms with Crippen LogP contribution in [0.4, 0.5) is 8.78 Å². The number of thiazole rings is 1. The van der Waals surface area contributed by atoms with Crippen molar-refractivity contribution in [1.82, 2.24) is 14.8 Å². The normalized spacial score (nSPS) is 18.6. The molecule has 2 saturated carbocycles. The van der Waals surface area contributed by atoms with Crippen LogP contribution in [0.1, 0.15) is 65.8 Å². The van der Waals surface area contributed by atoms with Crippen molar-refractivity contribution in [2.45, 2.75) is 51.4 Å². The number of aromatic nitrogens is 3. The highest BCUT2D eigenvalue weighted by atomic mass is 32.2. The second-order valence-electron chi connectivity index (χ2n) is 10.7. The number of benzene rings is 1. The molecule has 6 rings (SSSR count). The van der Waals surface area contributed by atoms with Gasteiger partial charge in [0.15, 0.2) is 5.69 Å². The van der Waals surface area contributed by atoms with E-state index in [1.165, 1.54) is 41.7 Å². The summed E-state index contributed by atoms with van der Waals surface area (Å²) >= 11 is 1.60. The number of allylic oxidation sites excluding steroid dienone is 3. The van der Waals surface area contributed by atoms with E-state index in [-0.39, 0.29) is 16.5 Å². The Balaban J connectivity index is 1.45. The molecule has 2 N–H and O–H groups in total. The number of hydrogen-bond donors (Lipinski definition) is 2. The van der Waals surface area contributed by atoms with Crippen LogP contribution >= 0.6 is 23.4 Å². The fourth-order valence-electron chi connectivity index (χ4n) is 4.93. The maximum atomic E-state index is 14.7. The second-order valence-corrected chi connectivity index (χ2v) is 12.1. The van der Waals surface area contributed by atoms with Gasteiger partial charge in [0.2, 0.25) is 5.13 Å². The highest BCUT2D eigenvalue weighted by Crippen LogP contribution is 2.40. The average molecular weight is 580 g/mol. The monoisotopic (exact) mass is 579 g/mol. The molecule has 0 bridgehead atoms. The van der Waals surface area contributed by atoms with Gasteiger partial charge in [-0.05, 0) is 87.0 Å². The predicted molar refractivity (Wildman–Crippen MR) is 152 cm³/mol. The molecular formula is C30H27F2N3O3S2. The van der Waals surface area contributed by atoms with Crippen LogP contribution in [-0.4, -0.2) is 30.4 Å². The van der Waals surface area contributed by atoms with Gasteiger partial charge in [-0.15, -0.1) is 11.3 Å². The van der Waals surface area contributed by atoms with Crippen LogP contribution in [0.2, 0.25) is 0 Å². The number of hydrogen-bond acceptors (Lipinski definition) is 6. The Hall–Kier alpha value is -3.26. The van der Waals surface area contributed by atoms with Gasteiger partial charge in [0.1, 0.15) is 11.6 Å². The molecule has 0 saturated heterocycles. The van der Waals surface area contributed by atoms with E-state index in [0.29, 0.717) is 58.7 Å². The van der Waals surface area contributed by atoms with E-state index < -0.39 is 17.6 Å². The molecule has 0 spiro atoms. The molecule has 206 valence electrons. The molecule has 3 aromatic rings. The minimum atomic E-state index is -1.11. The summed E-state index contributed by atoms with van der Waals surface area (Å²) in [5, 5.41) is 16.3. The van der Waals surface area contributed by atoms with Crippen molar-refractivity contribution in [2.75, 3.05) is 0 Å². The number of carbonyl (C=O) groups is 1. The number of carboxylic acid groups (broad SMARTS) is 1. The van der Waals surface area contributed by atoms with Crippen molar-refractivity contribution in [3.05, 3.63) is 74.8 Å². The highest BCUT2D eigenvalue weighted by molar-refractivity contribution is 7.97. The third-order valence-corrected chi connectivity index (χ3v) is 8.87. The Morgan fingerprint density at radius 1 is 1.18 bits per heavy atom. The molecule has 0 amide bonds. The van der Waals surface area contributed by atoms with Gasteiger partial charge in [-0.1, -0.05) is 17.9 Å². The molecule has 40 heavy (non-hydrogen) atoms. The lowest BCUT2D eigenvalue weighted by Crippen LogP contribution is -2.10. The largest absolute Gasteiger partial charge is 0.476 e. The summed E-state index contributed by atoms with van der Waals surface area (Å²) in [6.45, 7) is 0. The Bertz CT molecular complexity index is 1590. The van der Waals surface area contributed by atoms with E-state index in [2.05, 4.69) is 16.8 Å². The first-order chi connectivity index (χ1) is 19.4. The van der Waals surface area contributed by atoms with Crippen molar-refractivity contribution in [3.63, 3.8) is 0 Å². The van der Waals surface area contributed by atoms with E-state index in [4.69, 9.17) is 5.10 Å². The molecule has 2 heterocycles. The van der Waals surface area contributed by atoms with Crippen molar-refractivity contribution in [3.8, 4) is 28.2 Å². The maximum absolute atomic E-state index is 14.7. The summed E-state index contributed by atoms with van der Waals surface area (Å²) in [4.78, 5) is 16.1. The molecule has 1 unspecified atom stereocenters. The molecule has 3 aliphatic carbocycles. The van der Waals surface area contributed by atoms with Crippen LogP contribution in [0.3, 0.4) is 0 Å². The molecule has 0 radical (unpaired) electrons. The first-order valence-electron chi connectivity index (χ1n) is 13.4. The minimum Gasteiger partial charge on any atom is -0.476 e. The van der Waals surface area contributed by atoms with E-state index >= 15 is 0 Å². The lowest BCUT2D eigenvalue weighted by molar-refractivity contribution is 0.0691. The first kappa shape index (κ1) is 26.9. The quantitative estimate of drug-likeness (QED) is 0.202. The maximum Gasteiger partial charge on any atom is 0.355 e. The molecule has 1 atom stereocenters. The smallest absolute Gasteiger partial charge is 0.355 e. The molecule has 6 nitrogen and oxygen atoms in total. The lowest BCUT2D eigenvalue weighted by Gasteiger charge is -2.18. The van der Waals surface area contributed by atoms with Crippen molar-refractivity contribution in [2.24, 2.45) is 17.8 Å². The van der Waals surface area contributed by atoms with Crippen molar-refractivity contribution in [1.29, 1.82) is 0 Å². The Morgan fingerprint density at radius 2 is 1.98 bits per heavy atom. The molecule has 2 aromatic heterocycles. The van der Waals surface area contributed by atoms with Crippen LogP contribution in [0.25, 0.3) is 16.4 Å². The van der Waals surface area contributed by atoms with Gasteiger partial charge in [-0.25, -0.2) is 23.2 Å². The van der Waals surface area contributed by atoms with E-state index in [1.54, 1.807) is 22.9 Å². The topological polar surface area (TPSA) is 88.2 Å². The third kappa shape index (κ3) is 5.92. The standard InChI is InChI=1S/C30H27F2N3O3S2/c31-23-10-9-21(15-20(23)3-1-2-17-4-5-17)28-22(12-19-8-11-27(40-38)24(32)13-19)26(14-18-6-7-18)35(34-28)30-33-25(16-39-30)29(36)37/h9-11,13,15-19,38H,2,4-8,12,14H2,(H,36,37). The summed E-state index contributed by atoms with van der Waals surface area (Å²) in [7, 11) is 0. The van der Waals surface area contributed by atoms with E-state index in [9.17, 15) is 23.2 Å². The Kier molecular flexibility index (Phi) is 7.62. The van der Waals surface area contributed by atoms with Gasteiger partial charge in [-0.3, -0.25) is 0 Å². The van der Waals surface area contributed by atoms with Gasteiger partial charge in [-0.2, -0.15) is 5.10 Å². The fourth-order valence-corrected chi connectivity index (χ4v) is 6.03. The van der Waals surface area contributed by atoms with Gasteiger partial charge in [0, 0.05) is 35.0 Å². The number of aromatic carboxylic acids is 1. The van der Waals surface area contributed by atoms with Gasteiger partial charge >= 0.3 is 5.97 Å². The Morgan fingerprint density at radius 3 is 2.65 bits per heavy atom. The molecule has 0 aliphatic heterocycles. The molecule has 2 fully saturated rings. The number of nitrogens with zero attached hydrogens (tertiary/aromatic N) is 3. The summed E-state index contributed by atoms with van der Waals surface area (Å²) < 4.78 is 40.5. The zero-order valence-corrected chi connectivity index (χ0v) is 23.2. The van der Waals surface area contributed by atoms with Crippen LogP contribution in [0.15, 0.2) is 46.5 Å². The van der Waals surface area contributed by atoms with Crippen molar-refractivity contribution < 1.29 is 23.2 Å². The second kappa shape index (κ2) is 11.3. The fraction of sp³-hybridized carbons (Fsp3) is 0.367. The summed E-state index contributed by atoms with van der Waals surface area (Å²) in [6, 6.07) is 4.80. The number of halogens is 2. The van der Waals surface area contributed by atoms with E-state index in [0.717, 1.165) is 36.9 Å². The van der Waals surface area contributed by atoms with Crippen molar-refractivity contribution >= 4 is 29.3 Å². The first-order valence-corrected chi connectivity index (χ1v) is 15.0. The number of rotatable bonds is 9. The Labute approximate surface area is 239 Å². The molecular weight excluding hydrogens is 552 g/mol. The predicted octanol–water partition coefficient (Wildman–Crippen LogP) is 7.44. The molecule has 10 heteroatoms. The van der Waals surface area contributed by atoms with Gasteiger partial charge in [0.05, 0.1) is 21.9 Å². The average Bonchev–Trinajstić information content (AvgIpc) is 3.85. The lowest BCUT2D eigenvalue weighted by atomic mass is 9.89. The minimum absolute atomic E-state index is 0.0533. The SMILES string of the molecule is O=C(O)c1csc(-n2nc(-c3ccc(F)c(C#CCC4CC4)c3)c(CC3C=C(F)C(SO)=CC3)c2CC2CC2)n1. The van der Waals surface area contributed by atoms with Crippen LogP contribution in [0, 0.1) is 35.4 Å².